The monoisotopic (exact) mass is 327 g/mol. The standard InChI is InChI=1S/C20H25NO3/c1-4-11-24-18-10-9-17(12-19(18)23-3)14-21-20(22)13-16-7-5-15(2)6-8-16/h5-10,12H,4,11,13-14H2,1-3H3,(H,21,22). The van der Waals surface area contributed by atoms with Gasteiger partial charge in [0.2, 0.25) is 5.91 Å². The van der Waals surface area contributed by atoms with E-state index in [9.17, 15) is 4.79 Å². The maximum absolute atomic E-state index is 12.1. The fourth-order valence-corrected chi connectivity index (χ4v) is 2.31. The number of rotatable bonds is 8. The number of carbonyl (C=O) groups is 1. The second-order valence-electron chi connectivity index (χ2n) is 5.77. The number of ether oxygens (including phenoxy) is 2. The fourth-order valence-electron chi connectivity index (χ4n) is 2.31. The van der Waals surface area contributed by atoms with Gasteiger partial charge in [0, 0.05) is 6.54 Å². The van der Waals surface area contributed by atoms with E-state index in [0.29, 0.717) is 25.3 Å². The van der Waals surface area contributed by atoms with Gasteiger partial charge in [-0.3, -0.25) is 4.79 Å². The van der Waals surface area contributed by atoms with Crippen LogP contribution in [0.15, 0.2) is 42.5 Å². The van der Waals surface area contributed by atoms with Crippen LogP contribution in [0.1, 0.15) is 30.0 Å². The molecule has 0 saturated heterocycles. The lowest BCUT2D eigenvalue weighted by atomic mass is 10.1. The smallest absolute Gasteiger partial charge is 0.224 e. The molecule has 4 heteroatoms. The van der Waals surface area contributed by atoms with Gasteiger partial charge in [-0.05, 0) is 36.6 Å². The van der Waals surface area contributed by atoms with Crippen LogP contribution in [0.4, 0.5) is 0 Å². The summed E-state index contributed by atoms with van der Waals surface area (Å²) < 4.78 is 11.0. The topological polar surface area (TPSA) is 47.6 Å². The van der Waals surface area contributed by atoms with Crippen LogP contribution in [0.25, 0.3) is 0 Å². The van der Waals surface area contributed by atoms with Crippen LogP contribution in [0.5, 0.6) is 11.5 Å². The Balaban J connectivity index is 1.91. The number of hydrogen-bond donors (Lipinski definition) is 1. The molecule has 128 valence electrons. The lowest BCUT2D eigenvalue weighted by Gasteiger charge is -2.12. The van der Waals surface area contributed by atoms with Crippen molar-refractivity contribution in [2.24, 2.45) is 0 Å². The Morgan fingerprint density at radius 3 is 2.42 bits per heavy atom. The number of methoxy groups -OCH3 is 1. The van der Waals surface area contributed by atoms with Gasteiger partial charge in [0.15, 0.2) is 11.5 Å². The largest absolute Gasteiger partial charge is 0.493 e. The Morgan fingerprint density at radius 1 is 1.04 bits per heavy atom. The molecular weight excluding hydrogens is 302 g/mol. The highest BCUT2D eigenvalue weighted by molar-refractivity contribution is 5.78. The minimum Gasteiger partial charge on any atom is -0.493 e. The van der Waals surface area contributed by atoms with Gasteiger partial charge < -0.3 is 14.8 Å². The van der Waals surface area contributed by atoms with Crippen LogP contribution in [-0.2, 0) is 17.8 Å². The van der Waals surface area contributed by atoms with E-state index in [4.69, 9.17) is 9.47 Å². The fraction of sp³-hybridized carbons (Fsp3) is 0.350. The molecule has 0 spiro atoms. The molecule has 2 rings (SSSR count). The zero-order valence-corrected chi connectivity index (χ0v) is 14.6. The summed E-state index contributed by atoms with van der Waals surface area (Å²) in [7, 11) is 1.62. The summed E-state index contributed by atoms with van der Waals surface area (Å²) in [5, 5.41) is 2.94. The van der Waals surface area contributed by atoms with E-state index in [-0.39, 0.29) is 5.91 Å². The molecule has 0 atom stereocenters. The van der Waals surface area contributed by atoms with Crippen LogP contribution >= 0.6 is 0 Å². The van der Waals surface area contributed by atoms with Gasteiger partial charge in [-0.2, -0.15) is 0 Å². The normalized spacial score (nSPS) is 10.3. The predicted octanol–water partition coefficient (Wildman–Crippen LogP) is 3.65. The van der Waals surface area contributed by atoms with E-state index < -0.39 is 0 Å². The number of benzene rings is 2. The average molecular weight is 327 g/mol. The Hall–Kier alpha value is -2.49. The van der Waals surface area contributed by atoms with Gasteiger partial charge in [0.25, 0.3) is 0 Å². The van der Waals surface area contributed by atoms with Gasteiger partial charge >= 0.3 is 0 Å². The Kier molecular flexibility index (Phi) is 6.67. The minimum atomic E-state index is 0.00382. The highest BCUT2D eigenvalue weighted by atomic mass is 16.5. The third kappa shape index (κ3) is 5.30. The molecule has 0 saturated carbocycles. The first-order valence-corrected chi connectivity index (χ1v) is 8.24. The van der Waals surface area contributed by atoms with Crippen molar-refractivity contribution in [3.8, 4) is 11.5 Å². The Morgan fingerprint density at radius 2 is 1.75 bits per heavy atom. The Bertz CT molecular complexity index is 665. The maximum Gasteiger partial charge on any atom is 0.224 e. The van der Waals surface area contributed by atoms with Crippen molar-refractivity contribution in [2.75, 3.05) is 13.7 Å². The maximum atomic E-state index is 12.1. The van der Waals surface area contributed by atoms with E-state index in [0.717, 1.165) is 23.3 Å². The Labute approximate surface area is 143 Å². The highest BCUT2D eigenvalue weighted by Gasteiger charge is 2.07. The van der Waals surface area contributed by atoms with Crippen molar-refractivity contribution >= 4 is 5.91 Å². The number of amides is 1. The van der Waals surface area contributed by atoms with E-state index in [2.05, 4.69) is 12.2 Å². The molecular formula is C20H25NO3. The molecule has 0 bridgehead atoms. The van der Waals surface area contributed by atoms with E-state index in [1.807, 2.05) is 49.4 Å². The molecule has 0 aromatic heterocycles. The first-order chi connectivity index (χ1) is 11.6. The summed E-state index contributed by atoms with van der Waals surface area (Å²) >= 11 is 0. The number of hydrogen-bond acceptors (Lipinski definition) is 3. The van der Waals surface area contributed by atoms with Crippen molar-refractivity contribution in [2.45, 2.75) is 33.2 Å². The number of carbonyl (C=O) groups excluding carboxylic acids is 1. The number of aryl methyl sites for hydroxylation is 1. The van der Waals surface area contributed by atoms with Gasteiger partial charge in [-0.15, -0.1) is 0 Å². The SMILES string of the molecule is CCCOc1ccc(CNC(=O)Cc2ccc(C)cc2)cc1OC. The van der Waals surface area contributed by atoms with Crippen LogP contribution in [-0.4, -0.2) is 19.6 Å². The second-order valence-corrected chi connectivity index (χ2v) is 5.77. The van der Waals surface area contributed by atoms with Crippen LogP contribution in [0.2, 0.25) is 0 Å². The van der Waals surface area contributed by atoms with Crippen molar-refractivity contribution < 1.29 is 14.3 Å². The summed E-state index contributed by atoms with van der Waals surface area (Å²) in [6.07, 6.45) is 1.33. The number of nitrogens with one attached hydrogen (secondary N) is 1. The van der Waals surface area contributed by atoms with E-state index >= 15 is 0 Å². The average Bonchev–Trinajstić information content (AvgIpc) is 2.60. The molecule has 2 aromatic rings. The summed E-state index contributed by atoms with van der Waals surface area (Å²) in [6, 6.07) is 13.7. The molecule has 1 amide bonds. The molecule has 4 nitrogen and oxygen atoms in total. The van der Waals surface area contributed by atoms with Crippen molar-refractivity contribution in [1.82, 2.24) is 5.32 Å². The highest BCUT2D eigenvalue weighted by Crippen LogP contribution is 2.28. The van der Waals surface area contributed by atoms with Crippen LogP contribution < -0.4 is 14.8 Å². The molecule has 0 aliphatic rings. The molecule has 0 aliphatic heterocycles. The predicted molar refractivity (Wildman–Crippen MR) is 95.5 cm³/mol. The summed E-state index contributed by atoms with van der Waals surface area (Å²) in [4.78, 5) is 12.1. The molecule has 0 aliphatic carbocycles. The zero-order valence-electron chi connectivity index (χ0n) is 14.6. The van der Waals surface area contributed by atoms with E-state index in [1.165, 1.54) is 5.56 Å². The molecule has 0 unspecified atom stereocenters. The van der Waals surface area contributed by atoms with Gasteiger partial charge in [-0.25, -0.2) is 0 Å². The van der Waals surface area contributed by atoms with Gasteiger partial charge in [-0.1, -0.05) is 42.8 Å². The zero-order chi connectivity index (χ0) is 17.4. The molecule has 1 N–H and O–H groups in total. The van der Waals surface area contributed by atoms with Crippen molar-refractivity contribution in [1.29, 1.82) is 0 Å². The second kappa shape index (κ2) is 8.96. The van der Waals surface area contributed by atoms with Crippen LogP contribution in [0.3, 0.4) is 0 Å². The first kappa shape index (κ1) is 17.9. The summed E-state index contributed by atoms with van der Waals surface area (Å²) in [5.41, 5.74) is 3.18. The minimum absolute atomic E-state index is 0.00382. The lowest BCUT2D eigenvalue weighted by Crippen LogP contribution is -2.24. The lowest BCUT2D eigenvalue weighted by molar-refractivity contribution is -0.120. The molecule has 2 aromatic carbocycles. The third-order valence-corrected chi connectivity index (χ3v) is 3.66. The summed E-state index contributed by atoms with van der Waals surface area (Å²) in [5.74, 6) is 1.42. The molecule has 0 radical (unpaired) electrons. The third-order valence-electron chi connectivity index (χ3n) is 3.66. The van der Waals surface area contributed by atoms with Gasteiger partial charge in [0.05, 0.1) is 20.1 Å². The van der Waals surface area contributed by atoms with Crippen molar-refractivity contribution in [3.63, 3.8) is 0 Å². The quantitative estimate of drug-likeness (QED) is 0.805. The first-order valence-electron chi connectivity index (χ1n) is 8.24. The van der Waals surface area contributed by atoms with Crippen molar-refractivity contribution in [3.05, 3.63) is 59.2 Å². The molecule has 0 fully saturated rings. The van der Waals surface area contributed by atoms with E-state index in [1.54, 1.807) is 7.11 Å². The summed E-state index contributed by atoms with van der Waals surface area (Å²) in [6.45, 7) is 5.22. The molecule has 24 heavy (non-hydrogen) atoms. The van der Waals surface area contributed by atoms with Gasteiger partial charge in [0.1, 0.15) is 0 Å². The van der Waals surface area contributed by atoms with Crippen LogP contribution in [0, 0.1) is 6.92 Å². The molecule has 0 heterocycles.